The van der Waals surface area contributed by atoms with Crippen LogP contribution in [0, 0.1) is 0 Å². The van der Waals surface area contributed by atoms with E-state index in [9.17, 15) is 9.59 Å². The summed E-state index contributed by atoms with van der Waals surface area (Å²) in [6, 6.07) is 7.57. The molecule has 3 rings (SSSR count). The molecule has 2 aliphatic rings. The van der Waals surface area contributed by atoms with Gasteiger partial charge in [0, 0.05) is 49.5 Å². The number of hydrogen-bond donors (Lipinski definition) is 2. The van der Waals surface area contributed by atoms with E-state index >= 15 is 0 Å². The van der Waals surface area contributed by atoms with Crippen LogP contribution in [0.3, 0.4) is 0 Å². The summed E-state index contributed by atoms with van der Waals surface area (Å²) in [5.41, 5.74) is 1.11. The zero-order valence-electron chi connectivity index (χ0n) is 15.6. The molecule has 1 saturated heterocycles. The number of amides is 3. The van der Waals surface area contributed by atoms with Gasteiger partial charge in [-0.05, 0) is 44.0 Å². The fourth-order valence-corrected chi connectivity index (χ4v) is 3.55. The quantitative estimate of drug-likeness (QED) is 0.772. The third kappa shape index (κ3) is 5.49. The van der Waals surface area contributed by atoms with Crippen molar-refractivity contribution < 1.29 is 14.3 Å². The number of nitrogens with zero attached hydrogens (tertiary/aromatic N) is 2. The van der Waals surface area contributed by atoms with Gasteiger partial charge >= 0.3 is 6.03 Å². The molecule has 0 aromatic heterocycles. The third-order valence-electron chi connectivity index (χ3n) is 5.06. The number of halogens is 1. The lowest BCUT2D eigenvalue weighted by Crippen LogP contribution is -2.54. The van der Waals surface area contributed by atoms with E-state index in [1.807, 2.05) is 31.2 Å². The monoisotopic (exact) mass is 394 g/mol. The molecule has 1 aromatic rings. The largest absolute Gasteiger partial charge is 0.378 e. The average molecular weight is 395 g/mol. The highest BCUT2D eigenvalue weighted by molar-refractivity contribution is 6.30. The Morgan fingerprint density at radius 2 is 1.81 bits per heavy atom. The van der Waals surface area contributed by atoms with E-state index in [4.69, 9.17) is 16.3 Å². The molecule has 8 heteroatoms. The summed E-state index contributed by atoms with van der Waals surface area (Å²) in [4.78, 5) is 28.3. The van der Waals surface area contributed by atoms with Gasteiger partial charge in [0.15, 0.2) is 0 Å². The Morgan fingerprint density at radius 1 is 1.15 bits per heavy atom. The maximum absolute atomic E-state index is 12.3. The number of urea groups is 1. The number of carbonyl (C=O) groups excluding carboxylic acids is 2. The first-order chi connectivity index (χ1) is 13.0. The third-order valence-corrected chi connectivity index (χ3v) is 5.31. The predicted molar refractivity (Wildman–Crippen MR) is 105 cm³/mol. The van der Waals surface area contributed by atoms with Crippen molar-refractivity contribution in [3.05, 3.63) is 29.3 Å². The number of rotatable bonds is 6. The number of carbonyl (C=O) groups is 2. The molecule has 1 aromatic carbocycles. The minimum absolute atomic E-state index is 0.0222. The fourth-order valence-electron chi connectivity index (χ4n) is 3.43. The molecule has 0 spiro atoms. The van der Waals surface area contributed by atoms with Gasteiger partial charge in [-0.25, -0.2) is 4.79 Å². The Morgan fingerprint density at radius 3 is 2.44 bits per heavy atom. The van der Waals surface area contributed by atoms with Crippen LogP contribution in [0.5, 0.6) is 0 Å². The lowest BCUT2D eigenvalue weighted by Gasteiger charge is -2.36. The lowest BCUT2D eigenvalue weighted by atomic mass is 9.89. The van der Waals surface area contributed by atoms with Crippen LogP contribution in [0.25, 0.3) is 0 Å². The summed E-state index contributed by atoms with van der Waals surface area (Å²) in [6.45, 7) is 5.50. The zero-order chi connectivity index (χ0) is 19.2. The van der Waals surface area contributed by atoms with E-state index < -0.39 is 0 Å². The maximum Gasteiger partial charge on any atom is 0.315 e. The fraction of sp³-hybridized carbons (Fsp3) is 0.579. The zero-order valence-corrected chi connectivity index (χ0v) is 16.4. The molecule has 1 saturated carbocycles. The summed E-state index contributed by atoms with van der Waals surface area (Å²) >= 11 is 5.92. The van der Waals surface area contributed by atoms with Crippen LogP contribution in [0.15, 0.2) is 24.3 Å². The van der Waals surface area contributed by atoms with Crippen molar-refractivity contribution in [1.29, 1.82) is 0 Å². The van der Waals surface area contributed by atoms with Crippen LogP contribution in [-0.2, 0) is 9.53 Å². The predicted octanol–water partition coefficient (Wildman–Crippen LogP) is 1.86. The second-order valence-electron chi connectivity index (χ2n) is 6.92. The number of benzene rings is 1. The molecule has 1 heterocycles. The van der Waals surface area contributed by atoms with Gasteiger partial charge < -0.3 is 25.2 Å². The lowest BCUT2D eigenvalue weighted by molar-refractivity contribution is -0.130. The summed E-state index contributed by atoms with van der Waals surface area (Å²) in [6.07, 6.45) is 1.92. The number of anilines is 1. The molecule has 0 bridgehead atoms. The SMILES string of the molecule is CCOC1CC(NC(=O)NCC(=O)N2CCN(c3ccc(Cl)cc3)CC2)C1. The van der Waals surface area contributed by atoms with Gasteiger partial charge in [-0.3, -0.25) is 4.79 Å². The number of hydrogen-bond acceptors (Lipinski definition) is 4. The first-order valence-corrected chi connectivity index (χ1v) is 9.87. The van der Waals surface area contributed by atoms with Crippen molar-refractivity contribution in [3.63, 3.8) is 0 Å². The molecule has 0 unspecified atom stereocenters. The Bertz CT molecular complexity index is 641. The highest BCUT2D eigenvalue weighted by atomic mass is 35.5. The van der Waals surface area contributed by atoms with Crippen LogP contribution in [0.2, 0.25) is 5.02 Å². The Kier molecular flexibility index (Phi) is 6.79. The molecule has 0 atom stereocenters. The van der Waals surface area contributed by atoms with E-state index in [0.29, 0.717) is 24.7 Å². The molecule has 2 fully saturated rings. The van der Waals surface area contributed by atoms with Crippen LogP contribution in [0.4, 0.5) is 10.5 Å². The van der Waals surface area contributed by atoms with Crippen molar-refractivity contribution in [2.24, 2.45) is 0 Å². The van der Waals surface area contributed by atoms with Crippen molar-refractivity contribution >= 4 is 29.2 Å². The number of nitrogens with one attached hydrogen (secondary N) is 2. The van der Waals surface area contributed by atoms with Gasteiger partial charge in [-0.15, -0.1) is 0 Å². The van der Waals surface area contributed by atoms with Gasteiger partial charge in [0.2, 0.25) is 5.91 Å². The first kappa shape index (κ1) is 19.8. The molecule has 27 heavy (non-hydrogen) atoms. The normalized spacial score (nSPS) is 22.1. The first-order valence-electron chi connectivity index (χ1n) is 9.49. The molecule has 0 radical (unpaired) electrons. The van der Waals surface area contributed by atoms with E-state index in [0.717, 1.165) is 31.6 Å². The summed E-state index contributed by atoms with van der Waals surface area (Å²) in [5.74, 6) is -0.0540. The topological polar surface area (TPSA) is 73.9 Å². The van der Waals surface area contributed by atoms with E-state index in [2.05, 4.69) is 15.5 Å². The van der Waals surface area contributed by atoms with Crippen LogP contribution < -0.4 is 15.5 Å². The molecule has 1 aliphatic heterocycles. The highest BCUT2D eigenvalue weighted by Gasteiger charge is 2.30. The van der Waals surface area contributed by atoms with Gasteiger partial charge in [0.25, 0.3) is 0 Å². The summed E-state index contributed by atoms with van der Waals surface area (Å²) in [5, 5.41) is 6.26. The molecule has 148 valence electrons. The van der Waals surface area contributed by atoms with Crippen molar-refractivity contribution in [1.82, 2.24) is 15.5 Å². The number of piperazine rings is 1. The average Bonchev–Trinajstić information content (AvgIpc) is 2.65. The molecule has 7 nitrogen and oxygen atoms in total. The Labute approximate surface area is 165 Å². The molecular weight excluding hydrogens is 368 g/mol. The van der Waals surface area contributed by atoms with Gasteiger partial charge in [-0.2, -0.15) is 0 Å². The van der Waals surface area contributed by atoms with Crippen molar-refractivity contribution in [2.75, 3.05) is 44.2 Å². The molecule has 3 amide bonds. The van der Waals surface area contributed by atoms with E-state index in [1.165, 1.54) is 0 Å². The van der Waals surface area contributed by atoms with Crippen LogP contribution in [-0.4, -0.2) is 68.3 Å². The van der Waals surface area contributed by atoms with Gasteiger partial charge in [0.1, 0.15) is 0 Å². The standard InChI is InChI=1S/C19H27ClN4O3/c1-2-27-17-11-15(12-17)22-19(26)21-13-18(25)24-9-7-23(8-10-24)16-5-3-14(20)4-6-16/h3-6,15,17H,2,7-13H2,1H3,(H2,21,22,26). The minimum Gasteiger partial charge on any atom is -0.378 e. The maximum atomic E-state index is 12.3. The second kappa shape index (κ2) is 9.28. The number of ether oxygens (including phenoxy) is 1. The summed E-state index contributed by atoms with van der Waals surface area (Å²) < 4.78 is 5.47. The molecular formula is C19H27ClN4O3. The second-order valence-corrected chi connectivity index (χ2v) is 7.35. The van der Waals surface area contributed by atoms with Crippen LogP contribution in [0.1, 0.15) is 19.8 Å². The molecule has 2 N–H and O–H groups in total. The van der Waals surface area contributed by atoms with Crippen LogP contribution >= 0.6 is 11.6 Å². The van der Waals surface area contributed by atoms with Gasteiger partial charge in [0.05, 0.1) is 12.6 Å². The van der Waals surface area contributed by atoms with Crippen molar-refractivity contribution in [3.8, 4) is 0 Å². The van der Waals surface area contributed by atoms with Gasteiger partial charge in [-0.1, -0.05) is 11.6 Å². The Balaban J connectivity index is 1.33. The van der Waals surface area contributed by atoms with E-state index in [1.54, 1.807) is 4.90 Å². The summed E-state index contributed by atoms with van der Waals surface area (Å²) in [7, 11) is 0. The van der Waals surface area contributed by atoms with Crippen molar-refractivity contribution in [2.45, 2.75) is 31.9 Å². The highest BCUT2D eigenvalue weighted by Crippen LogP contribution is 2.23. The van der Waals surface area contributed by atoms with E-state index in [-0.39, 0.29) is 30.6 Å². The minimum atomic E-state index is -0.289. The Hall–Kier alpha value is -1.99. The smallest absolute Gasteiger partial charge is 0.315 e. The molecule has 1 aliphatic carbocycles.